The molecule has 0 heterocycles. The second-order valence-electron chi connectivity index (χ2n) is 5.30. The van der Waals surface area contributed by atoms with Gasteiger partial charge in [0.2, 0.25) is 0 Å². The maximum atomic E-state index is 12.8. The Morgan fingerprint density at radius 1 is 0.958 bits per heavy atom. The first-order valence-corrected chi connectivity index (χ1v) is 9.09. The van der Waals surface area contributed by atoms with Gasteiger partial charge in [-0.15, -0.1) is 0 Å². The molecule has 0 bridgehead atoms. The molecule has 0 aromatic heterocycles. The Balaban J connectivity index is 2.12. The maximum absolute atomic E-state index is 12.8. The van der Waals surface area contributed by atoms with Gasteiger partial charge < -0.3 is 0 Å². The topological polar surface area (TPSA) is 49.4 Å². The van der Waals surface area contributed by atoms with Crippen molar-refractivity contribution in [2.45, 2.75) is 26.2 Å². The number of hydrogen-bond acceptors (Lipinski definition) is 3. The smallest absolute Gasteiger partial charge is 0.281 e. The first-order chi connectivity index (χ1) is 11.7. The van der Waals surface area contributed by atoms with Crippen molar-refractivity contribution in [2.75, 3.05) is 10.7 Å². The summed E-state index contributed by atoms with van der Waals surface area (Å²) < 4.78 is 2.77. The van der Waals surface area contributed by atoms with Gasteiger partial charge in [0, 0.05) is 11.3 Å². The van der Waals surface area contributed by atoms with Gasteiger partial charge in [-0.05, 0) is 42.6 Å². The van der Waals surface area contributed by atoms with Gasteiger partial charge in [-0.1, -0.05) is 56.2 Å². The minimum absolute atomic E-state index is 0.339. The number of carbonyl (C=O) groups excluding carboxylic acids is 2. The van der Waals surface area contributed by atoms with Crippen LogP contribution in [0.5, 0.6) is 0 Å². The number of para-hydroxylation sites is 1. The summed E-state index contributed by atoms with van der Waals surface area (Å²) in [6.45, 7) is 2.14. The van der Waals surface area contributed by atoms with E-state index >= 15 is 0 Å². The first kappa shape index (κ1) is 18.1. The van der Waals surface area contributed by atoms with E-state index in [2.05, 4.69) is 11.6 Å². The molecule has 126 valence electrons. The lowest BCUT2D eigenvalue weighted by Crippen LogP contribution is -2.42. The van der Waals surface area contributed by atoms with Crippen LogP contribution in [0.3, 0.4) is 0 Å². The van der Waals surface area contributed by atoms with Gasteiger partial charge in [-0.25, -0.2) is 9.69 Å². The average molecular weight is 342 g/mol. The Labute approximate surface area is 147 Å². The molecule has 2 rings (SSSR count). The SMILES string of the molecule is CCCCCSNC(=O)N(C(=O)c1ccccc1)c1ccccc1. The van der Waals surface area contributed by atoms with E-state index in [1.807, 2.05) is 24.3 Å². The normalized spacial score (nSPS) is 10.2. The molecule has 24 heavy (non-hydrogen) atoms. The summed E-state index contributed by atoms with van der Waals surface area (Å²) in [6.07, 6.45) is 3.31. The number of imide groups is 1. The quantitative estimate of drug-likeness (QED) is 0.576. The predicted molar refractivity (Wildman–Crippen MR) is 100 cm³/mol. The number of nitrogens with one attached hydrogen (secondary N) is 1. The third-order valence-electron chi connectivity index (χ3n) is 3.45. The number of benzene rings is 2. The minimum atomic E-state index is -0.420. The molecule has 0 fully saturated rings. The van der Waals surface area contributed by atoms with Gasteiger partial charge in [-0.2, -0.15) is 0 Å². The minimum Gasteiger partial charge on any atom is -0.281 e. The molecular formula is C19H22N2O2S. The lowest BCUT2D eigenvalue weighted by molar-refractivity contribution is 0.0994. The van der Waals surface area contributed by atoms with E-state index in [4.69, 9.17) is 0 Å². The van der Waals surface area contributed by atoms with Gasteiger partial charge in [-0.3, -0.25) is 9.52 Å². The Kier molecular flexibility index (Phi) is 7.36. The number of carbonyl (C=O) groups is 2. The van der Waals surface area contributed by atoms with Gasteiger partial charge in [0.15, 0.2) is 0 Å². The monoisotopic (exact) mass is 342 g/mol. The van der Waals surface area contributed by atoms with Crippen LogP contribution in [-0.4, -0.2) is 17.7 Å². The second-order valence-corrected chi connectivity index (χ2v) is 6.21. The largest absolute Gasteiger partial charge is 0.338 e. The Morgan fingerprint density at radius 3 is 2.21 bits per heavy atom. The molecule has 0 atom stereocenters. The van der Waals surface area contributed by atoms with Crippen LogP contribution in [-0.2, 0) is 0 Å². The summed E-state index contributed by atoms with van der Waals surface area (Å²) in [5.41, 5.74) is 1.03. The van der Waals surface area contributed by atoms with Gasteiger partial charge >= 0.3 is 6.03 Å². The summed E-state index contributed by atoms with van der Waals surface area (Å²) in [5, 5.41) is 0. The van der Waals surface area contributed by atoms with Crippen molar-refractivity contribution in [3.05, 3.63) is 66.2 Å². The van der Waals surface area contributed by atoms with Crippen molar-refractivity contribution in [1.29, 1.82) is 0 Å². The number of nitrogens with zero attached hydrogens (tertiary/aromatic N) is 1. The molecule has 0 radical (unpaired) electrons. The van der Waals surface area contributed by atoms with E-state index in [1.54, 1.807) is 36.4 Å². The Bertz CT molecular complexity index is 647. The number of urea groups is 1. The van der Waals surface area contributed by atoms with Crippen LogP contribution in [0.25, 0.3) is 0 Å². The van der Waals surface area contributed by atoms with Crippen LogP contribution in [0.15, 0.2) is 60.7 Å². The molecule has 0 unspecified atom stereocenters. The van der Waals surface area contributed by atoms with Gasteiger partial charge in [0.25, 0.3) is 5.91 Å². The van der Waals surface area contributed by atoms with Crippen molar-refractivity contribution in [3.63, 3.8) is 0 Å². The molecule has 0 aliphatic rings. The fourth-order valence-electron chi connectivity index (χ4n) is 2.20. The fourth-order valence-corrected chi connectivity index (χ4v) is 2.86. The van der Waals surface area contributed by atoms with Crippen molar-refractivity contribution in [3.8, 4) is 0 Å². The standard InChI is InChI=1S/C19H22N2O2S/c1-2-3-10-15-24-20-19(23)21(17-13-8-5-9-14-17)18(22)16-11-6-4-7-12-16/h4-9,11-14H,2-3,10,15H2,1H3,(H,20,23). The number of unbranched alkanes of at least 4 members (excludes halogenated alkanes) is 2. The highest BCUT2D eigenvalue weighted by Crippen LogP contribution is 2.18. The van der Waals surface area contributed by atoms with Crippen LogP contribution in [0.2, 0.25) is 0 Å². The Hall–Kier alpha value is -2.27. The number of anilines is 1. The molecule has 0 aliphatic heterocycles. The van der Waals surface area contributed by atoms with Crippen LogP contribution in [0.4, 0.5) is 10.5 Å². The van der Waals surface area contributed by atoms with E-state index in [9.17, 15) is 9.59 Å². The summed E-state index contributed by atoms with van der Waals surface area (Å²) in [4.78, 5) is 26.5. The molecule has 2 aromatic carbocycles. The third-order valence-corrected chi connectivity index (χ3v) is 4.26. The summed E-state index contributed by atoms with van der Waals surface area (Å²) in [7, 11) is 0. The summed E-state index contributed by atoms with van der Waals surface area (Å²) >= 11 is 1.34. The van der Waals surface area contributed by atoms with E-state index < -0.39 is 6.03 Å². The van der Waals surface area contributed by atoms with Crippen LogP contribution >= 0.6 is 11.9 Å². The molecular weight excluding hydrogens is 320 g/mol. The number of rotatable bonds is 7. The van der Waals surface area contributed by atoms with E-state index in [0.29, 0.717) is 11.3 Å². The highest BCUT2D eigenvalue weighted by atomic mass is 32.2. The third kappa shape index (κ3) is 5.13. The van der Waals surface area contributed by atoms with Crippen molar-refractivity contribution >= 4 is 29.6 Å². The highest BCUT2D eigenvalue weighted by Gasteiger charge is 2.24. The Morgan fingerprint density at radius 2 is 1.58 bits per heavy atom. The van der Waals surface area contributed by atoms with Crippen molar-refractivity contribution in [1.82, 2.24) is 4.72 Å². The lowest BCUT2D eigenvalue weighted by Gasteiger charge is -2.21. The lowest BCUT2D eigenvalue weighted by atomic mass is 10.2. The van der Waals surface area contributed by atoms with Crippen molar-refractivity contribution < 1.29 is 9.59 Å². The van der Waals surface area contributed by atoms with Gasteiger partial charge in [0.1, 0.15) is 0 Å². The zero-order valence-corrected chi connectivity index (χ0v) is 14.6. The molecule has 2 aromatic rings. The summed E-state index contributed by atoms with van der Waals surface area (Å²) in [6, 6.07) is 17.4. The molecule has 0 spiro atoms. The molecule has 5 heteroatoms. The van der Waals surface area contributed by atoms with E-state index in [-0.39, 0.29) is 5.91 Å². The predicted octanol–water partition coefficient (Wildman–Crippen LogP) is 4.88. The van der Waals surface area contributed by atoms with E-state index in [1.165, 1.54) is 16.8 Å². The first-order valence-electron chi connectivity index (χ1n) is 8.10. The van der Waals surface area contributed by atoms with Gasteiger partial charge in [0.05, 0.1) is 5.69 Å². The average Bonchev–Trinajstić information content (AvgIpc) is 2.63. The van der Waals surface area contributed by atoms with Crippen LogP contribution < -0.4 is 9.62 Å². The summed E-state index contributed by atoms with van der Waals surface area (Å²) in [5.74, 6) is 0.496. The molecule has 4 nitrogen and oxygen atoms in total. The molecule has 1 N–H and O–H groups in total. The second kappa shape index (κ2) is 9.78. The molecule has 0 saturated carbocycles. The molecule has 0 aliphatic carbocycles. The molecule has 3 amide bonds. The van der Waals surface area contributed by atoms with Crippen LogP contribution in [0, 0.1) is 0 Å². The highest BCUT2D eigenvalue weighted by molar-refractivity contribution is 7.97. The number of amides is 3. The zero-order valence-electron chi connectivity index (χ0n) is 13.8. The maximum Gasteiger partial charge on any atom is 0.338 e. The zero-order chi connectivity index (χ0) is 17.2. The van der Waals surface area contributed by atoms with Crippen LogP contribution in [0.1, 0.15) is 36.5 Å². The van der Waals surface area contributed by atoms with E-state index in [0.717, 1.165) is 25.0 Å². The number of hydrogen-bond donors (Lipinski definition) is 1. The molecule has 0 saturated heterocycles. The fraction of sp³-hybridized carbons (Fsp3) is 0.263. The van der Waals surface area contributed by atoms with Crippen molar-refractivity contribution in [2.24, 2.45) is 0 Å².